The van der Waals surface area contributed by atoms with E-state index in [1.54, 1.807) is 25.3 Å². The van der Waals surface area contributed by atoms with Gasteiger partial charge in [-0.1, -0.05) is 13.0 Å². The lowest BCUT2D eigenvalue weighted by atomic mass is 10.2. The third-order valence-electron chi connectivity index (χ3n) is 4.19. The molecule has 1 aliphatic rings. The van der Waals surface area contributed by atoms with E-state index in [1.165, 1.54) is 4.88 Å². The number of halogens is 1. The second-order valence-corrected chi connectivity index (χ2v) is 9.25. The molecular formula is C16H29IN4O3S2. The molecule has 0 saturated carbocycles. The van der Waals surface area contributed by atoms with Crippen LogP contribution in [0.25, 0.3) is 0 Å². The van der Waals surface area contributed by atoms with Crippen LogP contribution in [-0.2, 0) is 14.6 Å². The predicted molar refractivity (Wildman–Crippen MR) is 119 cm³/mol. The number of thiophene rings is 1. The van der Waals surface area contributed by atoms with Gasteiger partial charge >= 0.3 is 0 Å². The molecule has 1 aromatic rings. The molecule has 2 heterocycles. The van der Waals surface area contributed by atoms with Crippen LogP contribution in [0.1, 0.15) is 17.8 Å². The third-order valence-corrected chi connectivity index (χ3v) is 6.87. The number of nitrogens with one attached hydrogen (secondary N) is 2. The van der Waals surface area contributed by atoms with Crippen LogP contribution in [-0.4, -0.2) is 77.2 Å². The van der Waals surface area contributed by atoms with Gasteiger partial charge in [0.25, 0.3) is 0 Å². The largest absolute Gasteiger partial charge is 0.379 e. The van der Waals surface area contributed by atoms with E-state index in [9.17, 15) is 8.42 Å². The molecule has 0 spiro atoms. The molecule has 0 radical (unpaired) electrons. The molecule has 1 aliphatic heterocycles. The molecule has 1 unspecified atom stereocenters. The Morgan fingerprint density at radius 3 is 2.69 bits per heavy atom. The summed E-state index contributed by atoms with van der Waals surface area (Å²) >= 11 is 1.75. The maximum Gasteiger partial charge on any atom is 0.191 e. The van der Waals surface area contributed by atoms with E-state index in [2.05, 4.69) is 38.0 Å². The van der Waals surface area contributed by atoms with Crippen LogP contribution in [0, 0.1) is 0 Å². The lowest BCUT2D eigenvalue weighted by Gasteiger charge is -2.34. The van der Waals surface area contributed by atoms with Crippen molar-refractivity contribution in [2.45, 2.75) is 13.0 Å². The molecule has 2 N–H and O–H groups in total. The van der Waals surface area contributed by atoms with Crippen LogP contribution in [0.4, 0.5) is 0 Å². The van der Waals surface area contributed by atoms with Crippen molar-refractivity contribution in [3.8, 4) is 0 Å². The summed E-state index contributed by atoms with van der Waals surface area (Å²) in [7, 11) is -1.28. The number of hydrogen-bond acceptors (Lipinski definition) is 6. The number of sulfone groups is 1. The highest BCUT2D eigenvalue weighted by Gasteiger charge is 2.23. The molecular weight excluding hydrogens is 487 g/mol. The Hall–Kier alpha value is -0.430. The molecule has 0 bridgehead atoms. The van der Waals surface area contributed by atoms with Gasteiger partial charge in [0.05, 0.1) is 25.0 Å². The summed E-state index contributed by atoms with van der Waals surface area (Å²) in [5, 5.41) is 8.50. The molecule has 1 saturated heterocycles. The summed E-state index contributed by atoms with van der Waals surface area (Å²) in [6, 6.07) is 4.47. The maximum absolute atomic E-state index is 11.6. The van der Waals surface area contributed by atoms with Crippen LogP contribution in [0.2, 0.25) is 0 Å². The first kappa shape index (κ1) is 23.6. The Bertz CT molecular complexity index is 632. The summed E-state index contributed by atoms with van der Waals surface area (Å²) in [5.41, 5.74) is 0. The molecule has 2 rings (SSSR count). The van der Waals surface area contributed by atoms with Crippen molar-refractivity contribution in [1.29, 1.82) is 0 Å². The summed E-state index contributed by atoms with van der Waals surface area (Å²) in [4.78, 5) is 7.91. The fourth-order valence-corrected chi connectivity index (χ4v) is 4.23. The van der Waals surface area contributed by atoms with Gasteiger partial charge in [0.15, 0.2) is 15.8 Å². The fraction of sp³-hybridized carbons (Fsp3) is 0.688. The molecule has 1 fully saturated rings. The van der Waals surface area contributed by atoms with Crippen LogP contribution < -0.4 is 10.6 Å². The monoisotopic (exact) mass is 516 g/mol. The molecule has 150 valence electrons. The Morgan fingerprint density at radius 1 is 1.38 bits per heavy atom. The zero-order valence-corrected chi connectivity index (χ0v) is 19.3. The van der Waals surface area contributed by atoms with Gasteiger partial charge in [-0.15, -0.1) is 35.3 Å². The summed E-state index contributed by atoms with van der Waals surface area (Å²) in [5.74, 6) is 0.904. The van der Waals surface area contributed by atoms with Gasteiger partial charge < -0.3 is 15.4 Å². The summed E-state index contributed by atoms with van der Waals surface area (Å²) < 4.78 is 28.6. The first-order valence-electron chi connectivity index (χ1n) is 8.56. The van der Waals surface area contributed by atoms with Crippen molar-refractivity contribution in [3.05, 3.63) is 22.4 Å². The second kappa shape index (κ2) is 12.1. The average Bonchev–Trinajstić information content (AvgIpc) is 3.15. The Morgan fingerprint density at radius 2 is 2.12 bits per heavy atom. The number of nitrogens with zero attached hydrogens (tertiary/aromatic N) is 2. The molecule has 26 heavy (non-hydrogen) atoms. The van der Waals surface area contributed by atoms with Crippen LogP contribution in [0.15, 0.2) is 22.5 Å². The predicted octanol–water partition coefficient (Wildman–Crippen LogP) is 1.34. The molecule has 1 aromatic heterocycles. The molecule has 1 atom stereocenters. The van der Waals surface area contributed by atoms with Gasteiger partial charge in [0, 0.05) is 43.9 Å². The number of aliphatic imine (C=N–C) groups is 1. The Kier molecular flexibility index (Phi) is 11.0. The number of morpholine rings is 1. The van der Waals surface area contributed by atoms with Gasteiger partial charge in [-0.05, 0) is 11.4 Å². The molecule has 0 amide bonds. The zero-order chi connectivity index (χ0) is 18.1. The van der Waals surface area contributed by atoms with Crippen LogP contribution in [0.3, 0.4) is 0 Å². The summed E-state index contributed by atoms with van der Waals surface area (Å²) in [6.07, 6.45) is 0. The van der Waals surface area contributed by atoms with E-state index in [0.29, 0.717) is 19.0 Å². The molecule has 0 aromatic carbocycles. The van der Waals surface area contributed by atoms with Crippen molar-refractivity contribution in [1.82, 2.24) is 15.5 Å². The van der Waals surface area contributed by atoms with E-state index < -0.39 is 9.84 Å². The quantitative estimate of drug-likeness (QED) is 0.309. The molecule has 10 heteroatoms. The van der Waals surface area contributed by atoms with E-state index in [1.807, 2.05) is 0 Å². The second-order valence-electron chi connectivity index (χ2n) is 5.80. The fourth-order valence-electron chi connectivity index (χ4n) is 2.66. The van der Waals surface area contributed by atoms with Gasteiger partial charge in [0.1, 0.15) is 0 Å². The highest BCUT2D eigenvalue weighted by molar-refractivity contribution is 14.0. The third kappa shape index (κ3) is 7.67. The molecule has 0 aliphatic carbocycles. The lowest BCUT2D eigenvalue weighted by molar-refractivity contribution is 0.0177. The minimum absolute atomic E-state index is 0. The topological polar surface area (TPSA) is 83.0 Å². The van der Waals surface area contributed by atoms with E-state index in [0.717, 1.165) is 26.3 Å². The normalized spacial score (nSPS) is 17.4. The van der Waals surface area contributed by atoms with Crippen molar-refractivity contribution < 1.29 is 13.2 Å². The van der Waals surface area contributed by atoms with E-state index in [4.69, 9.17) is 4.74 Å². The number of guanidine groups is 1. The Balaban J connectivity index is 0.00000338. The molecule has 7 nitrogen and oxygen atoms in total. The maximum atomic E-state index is 11.6. The number of ether oxygens (including phenoxy) is 1. The standard InChI is InChI=1S/C16H28N4O3S2.HI/c1-3-25(21,22)12-6-18-16(17-2)19-13-14(15-5-4-11-24-15)20-7-9-23-10-8-20;/h4-5,11,14H,3,6-10,12-13H2,1-2H3,(H2,17,18,19);1H. The van der Waals surface area contributed by atoms with Crippen molar-refractivity contribution >= 4 is 51.1 Å². The van der Waals surface area contributed by atoms with Gasteiger partial charge in [-0.3, -0.25) is 9.89 Å². The Labute approximate surface area is 177 Å². The minimum Gasteiger partial charge on any atom is -0.379 e. The van der Waals surface area contributed by atoms with E-state index >= 15 is 0 Å². The first-order chi connectivity index (χ1) is 12.1. The van der Waals surface area contributed by atoms with Gasteiger partial charge in [0.2, 0.25) is 0 Å². The van der Waals surface area contributed by atoms with Crippen molar-refractivity contribution in [3.63, 3.8) is 0 Å². The van der Waals surface area contributed by atoms with Crippen LogP contribution in [0.5, 0.6) is 0 Å². The lowest BCUT2D eigenvalue weighted by Crippen LogP contribution is -2.46. The summed E-state index contributed by atoms with van der Waals surface area (Å²) in [6.45, 7) is 6.05. The number of rotatable bonds is 8. The van der Waals surface area contributed by atoms with Crippen molar-refractivity contribution in [2.75, 3.05) is 57.9 Å². The highest BCUT2D eigenvalue weighted by Crippen LogP contribution is 2.25. The highest BCUT2D eigenvalue weighted by atomic mass is 127. The van der Waals surface area contributed by atoms with Crippen LogP contribution >= 0.6 is 35.3 Å². The zero-order valence-electron chi connectivity index (χ0n) is 15.3. The SMILES string of the molecule is CCS(=O)(=O)CCNC(=NC)NCC(c1cccs1)N1CCOCC1.I. The van der Waals surface area contributed by atoms with E-state index in [-0.39, 0.29) is 41.5 Å². The smallest absolute Gasteiger partial charge is 0.191 e. The first-order valence-corrected chi connectivity index (χ1v) is 11.3. The number of hydrogen-bond donors (Lipinski definition) is 2. The van der Waals surface area contributed by atoms with Crippen molar-refractivity contribution in [2.24, 2.45) is 4.99 Å². The minimum atomic E-state index is -2.97. The average molecular weight is 516 g/mol. The van der Waals surface area contributed by atoms with Gasteiger partial charge in [-0.25, -0.2) is 8.42 Å². The van der Waals surface area contributed by atoms with Gasteiger partial charge in [-0.2, -0.15) is 0 Å².